The van der Waals surface area contributed by atoms with Crippen LogP contribution in [0.4, 0.5) is 19.0 Å². The number of alkyl halides is 3. The molecule has 0 radical (unpaired) electrons. The van der Waals surface area contributed by atoms with Crippen molar-refractivity contribution in [2.24, 2.45) is 0 Å². The van der Waals surface area contributed by atoms with E-state index >= 15 is 0 Å². The number of rotatable bonds is 4. The predicted octanol–water partition coefficient (Wildman–Crippen LogP) is 3.60. The lowest BCUT2D eigenvalue weighted by molar-refractivity contribution is -0.142. The minimum absolute atomic E-state index is 0.503. The summed E-state index contributed by atoms with van der Waals surface area (Å²) >= 11 is 0. The van der Waals surface area contributed by atoms with Crippen molar-refractivity contribution in [2.75, 3.05) is 31.1 Å². The molecular formula is C24H25F3N8. The van der Waals surface area contributed by atoms with Gasteiger partial charge in [-0.25, -0.2) is 9.67 Å². The van der Waals surface area contributed by atoms with E-state index in [9.17, 15) is 13.2 Å². The average molecular weight is 483 g/mol. The van der Waals surface area contributed by atoms with E-state index < -0.39 is 12.7 Å². The van der Waals surface area contributed by atoms with Crippen LogP contribution in [-0.4, -0.2) is 61.9 Å². The first kappa shape index (κ1) is 24.2. The van der Waals surface area contributed by atoms with Gasteiger partial charge in [0.1, 0.15) is 12.4 Å². The molecule has 4 aromatic rings. The zero-order valence-electron chi connectivity index (χ0n) is 19.2. The van der Waals surface area contributed by atoms with Crippen LogP contribution in [0.5, 0.6) is 0 Å². The summed E-state index contributed by atoms with van der Waals surface area (Å²) in [7, 11) is 0. The highest BCUT2D eigenvalue weighted by atomic mass is 19.4. The van der Waals surface area contributed by atoms with Gasteiger partial charge in [0.15, 0.2) is 5.82 Å². The maximum absolute atomic E-state index is 12.7. The molecule has 0 spiro atoms. The van der Waals surface area contributed by atoms with Crippen molar-refractivity contribution in [3.63, 3.8) is 0 Å². The Morgan fingerprint density at radius 2 is 1.89 bits per heavy atom. The Labute approximate surface area is 200 Å². The summed E-state index contributed by atoms with van der Waals surface area (Å²) < 4.78 is 40.6. The molecule has 5 heterocycles. The average Bonchev–Trinajstić information content (AvgIpc) is 3.38. The third-order valence-electron chi connectivity index (χ3n) is 5.63. The molecule has 5 rings (SSSR count). The molecular weight excluding hydrogens is 457 g/mol. The summed E-state index contributed by atoms with van der Waals surface area (Å²) in [5.41, 5.74) is 2.88. The second kappa shape index (κ2) is 10.1. The van der Waals surface area contributed by atoms with Crippen molar-refractivity contribution in [2.45, 2.75) is 26.1 Å². The van der Waals surface area contributed by atoms with Crippen LogP contribution >= 0.6 is 0 Å². The molecule has 0 atom stereocenters. The second-order valence-corrected chi connectivity index (χ2v) is 8.13. The van der Waals surface area contributed by atoms with Gasteiger partial charge in [0.05, 0.1) is 23.6 Å². The molecule has 0 aromatic carbocycles. The number of terminal acetylenes is 1. The lowest BCUT2D eigenvalue weighted by Gasteiger charge is -2.23. The lowest BCUT2D eigenvalue weighted by Crippen LogP contribution is -2.29. The molecule has 0 aliphatic carbocycles. The first-order valence-corrected chi connectivity index (χ1v) is 11.1. The van der Waals surface area contributed by atoms with Crippen LogP contribution in [0.15, 0.2) is 43.0 Å². The van der Waals surface area contributed by atoms with Crippen molar-refractivity contribution >= 4 is 16.7 Å². The quantitative estimate of drug-likeness (QED) is 0.448. The summed E-state index contributed by atoms with van der Waals surface area (Å²) in [6.07, 6.45) is 10.8. The molecule has 182 valence electrons. The number of aryl methyl sites for hydroxylation is 1. The normalized spacial score (nSPS) is 14.4. The Kier molecular flexibility index (Phi) is 7.02. The van der Waals surface area contributed by atoms with Crippen LogP contribution in [-0.2, 0) is 6.54 Å². The third-order valence-corrected chi connectivity index (χ3v) is 5.63. The molecule has 8 nitrogen and oxygen atoms in total. The molecule has 0 unspecified atom stereocenters. The fourth-order valence-electron chi connectivity index (χ4n) is 4.03. The highest BCUT2D eigenvalue weighted by Crippen LogP contribution is 2.26. The van der Waals surface area contributed by atoms with Crippen LogP contribution < -0.4 is 10.2 Å². The van der Waals surface area contributed by atoms with E-state index in [1.165, 1.54) is 12.4 Å². The number of hydrogen-bond donors (Lipinski definition) is 1. The monoisotopic (exact) mass is 482 g/mol. The van der Waals surface area contributed by atoms with Crippen LogP contribution in [0.25, 0.3) is 28.0 Å². The maximum Gasteiger partial charge on any atom is 0.408 e. The second-order valence-electron chi connectivity index (χ2n) is 8.13. The standard InChI is InChI=1S/C22H23F3N8.C2H2/c1-15-3-4-20(30-21(15)31-7-2-5-26-6-8-31)33-19-9-18(27-10-16(19)11-29-33)17-12-28-32(13-17)14-22(23,24)25;1-2/h3-4,9-13,26H,2,5-8,14H2,1H3;1-2H. The van der Waals surface area contributed by atoms with E-state index in [1.807, 2.05) is 19.1 Å². The molecule has 4 aromatic heterocycles. The van der Waals surface area contributed by atoms with Gasteiger partial charge in [0, 0.05) is 43.0 Å². The number of nitrogens with zero attached hydrogens (tertiary/aromatic N) is 7. The summed E-state index contributed by atoms with van der Waals surface area (Å²) in [6.45, 7) is 4.62. The predicted molar refractivity (Wildman–Crippen MR) is 128 cm³/mol. The summed E-state index contributed by atoms with van der Waals surface area (Å²) in [5, 5.41) is 12.5. The summed E-state index contributed by atoms with van der Waals surface area (Å²) in [6, 6.07) is 5.75. The molecule has 0 amide bonds. The molecule has 0 bridgehead atoms. The van der Waals surface area contributed by atoms with Crippen LogP contribution in [0, 0.1) is 19.8 Å². The molecule has 1 N–H and O–H groups in total. The SMILES string of the molecule is C#C.Cc1ccc(-n2ncc3cnc(-c4cnn(CC(F)(F)F)c4)cc32)nc1N1CCCNCC1. The fourth-order valence-corrected chi connectivity index (χ4v) is 4.03. The minimum atomic E-state index is -4.34. The van der Waals surface area contributed by atoms with E-state index in [1.54, 1.807) is 23.1 Å². The van der Waals surface area contributed by atoms with Gasteiger partial charge < -0.3 is 10.2 Å². The highest BCUT2D eigenvalue weighted by molar-refractivity contribution is 5.83. The Hall–Kier alpha value is -3.91. The van der Waals surface area contributed by atoms with Crippen molar-refractivity contribution in [3.05, 3.63) is 48.5 Å². The van der Waals surface area contributed by atoms with E-state index in [4.69, 9.17) is 4.98 Å². The first-order valence-electron chi connectivity index (χ1n) is 11.1. The summed E-state index contributed by atoms with van der Waals surface area (Å²) in [4.78, 5) is 11.6. The molecule has 1 aliphatic rings. The van der Waals surface area contributed by atoms with Crippen molar-refractivity contribution in [1.82, 2.24) is 34.8 Å². The van der Waals surface area contributed by atoms with Crippen molar-refractivity contribution in [3.8, 4) is 29.9 Å². The molecule has 11 heteroatoms. The van der Waals surface area contributed by atoms with E-state index in [0.717, 1.165) is 59.6 Å². The Balaban J connectivity index is 0.00000141. The number of nitrogens with one attached hydrogen (secondary N) is 1. The molecule has 1 fully saturated rings. The Morgan fingerprint density at radius 1 is 1.06 bits per heavy atom. The Bertz CT molecular complexity index is 1310. The molecule has 35 heavy (non-hydrogen) atoms. The van der Waals surface area contributed by atoms with Crippen molar-refractivity contribution < 1.29 is 13.2 Å². The number of anilines is 1. The number of hydrogen-bond acceptors (Lipinski definition) is 6. The largest absolute Gasteiger partial charge is 0.408 e. The van der Waals surface area contributed by atoms with E-state index in [0.29, 0.717) is 17.1 Å². The van der Waals surface area contributed by atoms with Gasteiger partial charge in [0.2, 0.25) is 0 Å². The topological polar surface area (TPSA) is 76.7 Å². The molecule has 1 aliphatic heterocycles. The van der Waals surface area contributed by atoms with Gasteiger partial charge in [-0.3, -0.25) is 9.67 Å². The Morgan fingerprint density at radius 3 is 2.69 bits per heavy atom. The number of pyridine rings is 2. The first-order chi connectivity index (χ1) is 16.9. The van der Waals surface area contributed by atoms with Gasteiger partial charge >= 0.3 is 6.18 Å². The van der Waals surface area contributed by atoms with Gasteiger partial charge in [-0.15, -0.1) is 12.8 Å². The third kappa shape index (κ3) is 5.44. The van der Waals surface area contributed by atoms with Crippen LogP contribution in [0.3, 0.4) is 0 Å². The number of fused-ring (bicyclic) bond motifs is 1. The van der Waals surface area contributed by atoms with Crippen LogP contribution in [0.2, 0.25) is 0 Å². The van der Waals surface area contributed by atoms with E-state index in [2.05, 4.69) is 38.2 Å². The smallest absolute Gasteiger partial charge is 0.355 e. The minimum Gasteiger partial charge on any atom is -0.355 e. The van der Waals surface area contributed by atoms with Crippen LogP contribution in [0.1, 0.15) is 12.0 Å². The number of aromatic nitrogens is 6. The zero-order chi connectivity index (χ0) is 25.0. The van der Waals surface area contributed by atoms with Gasteiger partial charge in [-0.1, -0.05) is 6.07 Å². The molecule has 1 saturated heterocycles. The van der Waals surface area contributed by atoms with Gasteiger partial charge in [-0.05, 0) is 37.6 Å². The zero-order valence-corrected chi connectivity index (χ0v) is 19.2. The fraction of sp³-hybridized carbons (Fsp3) is 0.333. The maximum atomic E-state index is 12.7. The number of halogens is 3. The van der Waals surface area contributed by atoms with Gasteiger partial charge in [0.25, 0.3) is 0 Å². The van der Waals surface area contributed by atoms with E-state index in [-0.39, 0.29) is 0 Å². The lowest BCUT2D eigenvalue weighted by atomic mass is 10.2. The van der Waals surface area contributed by atoms with Crippen molar-refractivity contribution in [1.29, 1.82) is 0 Å². The summed E-state index contributed by atoms with van der Waals surface area (Å²) in [5.74, 6) is 1.61. The highest BCUT2D eigenvalue weighted by Gasteiger charge is 2.28. The molecule has 0 saturated carbocycles. The van der Waals surface area contributed by atoms with Gasteiger partial charge in [-0.2, -0.15) is 23.4 Å².